The summed E-state index contributed by atoms with van der Waals surface area (Å²) >= 11 is 5.96. The van der Waals surface area contributed by atoms with E-state index in [1.807, 2.05) is 36.4 Å². The molecule has 0 saturated heterocycles. The van der Waals surface area contributed by atoms with Crippen molar-refractivity contribution in [2.75, 3.05) is 12.4 Å². The maximum atomic E-state index is 5.96. The van der Waals surface area contributed by atoms with Crippen molar-refractivity contribution in [3.8, 4) is 17.1 Å². The molecule has 22 heavy (non-hydrogen) atoms. The Morgan fingerprint density at radius 3 is 2.86 bits per heavy atom. The molecule has 0 radical (unpaired) electrons. The van der Waals surface area contributed by atoms with Crippen LogP contribution in [0.3, 0.4) is 0 Å². The number of nitrogens with zero attached hydrogens (tertiary/aromatic N) is 2. The zero-order chi connectivity index (χ0) is 15.4. The second-order valence-electron chi connectivity index (χ2n) is 4.61. The Morgan fingerprint density at radius 2 is 2.05 bits per heavy atom. The minimum atomic E-state index is 0.431. The van der Waals surface area contributed by atoms with Crippen LogP contribution in [0.25, 0.3) is 11.4 Å². The van der Waals surface area contributed by atoms with Crippen molar-refractivity contribution in [3.05, 3.63) is 59.4 Å². The number of aromatic nitrogens is 2. The molecule has 112 valence electrons. The fraction of sp³-hybridized carbons (Fsp3) is 0.125. The number of ether oxygens (including phenoxy) is 1. The quantitative estimate of drug-likeness (QED) is 0.770. The number of hydrogen-bond acceptors (Lipinski definition) is 5. The fourth-order valence-electron chi connectivity index (χ4n) is 1.98. The topological polar surface area (TPSA) is 60.2 Å². The second kappa shape index (κ2) is 6.49. The van der Waals surface area contributed by atoms with Gasteiger partial charge in [0.1, 0.15) is 5.75 Å². The van der Waals surface area contributed by atoms with Gasteiger partial charge in [-0.3, -0.25) is 0 Å². The lowest BCUT2D eigenvalue weighted by molar-refractivity contribution is 0.384. The summed E-state index contributed by atoms with van der Waals surface area (Å²) in [6.45, 7) is 0.431. The highest BCUT2D eigenvalue weighted by Gasteiger charge is 2.08. The van der Waals surface area contributed by atoms with Crippen LogP contribution in [0.4, 0.5) is 5.69 Å². The van der Waals surface area contributed by atoms with Gasteiger partial charge in [-0.1, -0.05) is 35.0 Å². The van der Waals surface area contributed by atoms with Crippen LogP contribution in [0.2, 0.25) is 5.02 Å². The lowest BCUT2D eigenvalue weighted by Crippen LogP contribution is -1.99. The molecular weight excluding hydrogens is 302 g/mol. The molecule has 0 atom stereocenters. The summed E-state index contributed by atoms with van der Waals surface area (Å²) in [6, 6.07) is 15.0. The third-order valence-electron chi connectivity index (χ3n) is 3.06. The first-order valence-corrected chi connectivity index (χ1v) is 7.09. The molecule has 2 aromatic carbocycles. The molecule has 3 rings (SSSR count). The summed E-state index contributed by atoms with van der Waals surface area (Å²) in [5.74, 6) is 1.80. The average molecular weight is 316 g/mol. The predicted molar refractivity (Wildman–Crippen MR) is 85.1 cm³/mol. The van der Waals surface area contributed by atoms with E-state index in [0.717, 1.165) is 17.0 Å². The summed E-state index contributed by atoms with van der Waals surface area (Å²) in [6.07, 6.45) is 0. The van der Waals surface area contributed by atoms with Crippen LogP contribution in [0.15, 0.2) is 53.1 Å². The Morgan fingerprint density at radius 1 is 1.18 bits per heavy atom. The summed E-state index contributed by atoms with van der Waals surface area (Å²) < 4.78 is 10.4. The van der Waals surface area contributed by atoms with Gasteiger partial charge in [0.2, 0.25) is 11.7 Å². The fourth-order valence-corrected chi connectivity index (χ4v) is 2.17. The van der Waals surface area contributed by atoms with Gasteiger partial charge < -0.3 is 14.6 Å². The van der Waals surface area contributed by atoms with Gasteiger partial charge in [0.05, 0.1) is 13.7 Å². The summed E-state index contributed by atoms with van der Waals surface area (Å²) in [7, 11) is 1.63. The smallest absolute Gasteiger partial charge is 0.246 e. The first-order valence-electron chi connectivity index (χ1n) is 6.71. The highest BCUT2D eigenvalue weighted by molar-refractivity contribution is 6.30. The number of hydrogen-bond donors (Lipinski definition) is 1. The summed E-state index contributed by atoms with van der Waals surface area (Å²) in [5, 5.41) is 7.81. The van der Waals surface area contributed by atoms with Crippen molar-refractivity contribution in [3.63, 3.8) is 0 Å². The van der Waals surface area contributed by atoms with Gasteiger partial charge in [-0.25, -0.2) is 0 Å². The molecule has 5 nitrogen and oxygen atoms in total. The lowest BCUT2D eigenvalue weighted by Gasteiger charge is -2.05. The van der Waals surface area contributed by atoms with Gasteiger partial charge in [0.25, 0.3) is 0 Å². The number of anilines is 1. The predicted octanol–water partition coefficient (Wildman–Crippen LogP) is 4.01. The number of methoxy groups -OCH3 is 1. The molecule has 0 aliphatic carbocycles. The van der Waals surface area contributed by atoms with E-state index in [4.69, 9.17) is 20.9 Å². The molecule has 0 aliphatic rings. The lowest BCUT2D eigenvalue weighted by atomic mass is 10.2. The van der Waals surface area contributed by atoms with Crippen LogP contribution >= 0.6 is 11.6 Å². The molecular formula is C16H14ClN3O2. The van der Waals surface area contributed by atoms with Crippen LogP contribution in [-0.4, -0.2) is 17.3 Å². The van der Waals surface area contributed by atoms with E-state index >= 15 is 0 Å². The third kappa shape index (κ3) is 3.38. The molecule has 0 aliphatic heterocycles. The second-order valence-corrected chi connectivity index (χ2v) is 5.04. The van der Waals surface area contributed by atoms with Crippen LogP contribution < -0.4 is 10.1 Å². The summed E-state index contributed by atoms with van der Waals surface area (Å²) in [5.41, 5.74) is 1.74. The molecule has 3 aromatic rings. The third-order valence-corrected chi connectivity index (χ3v) is 3.30. The molecule has 1 N–H and O–H groups in total. The molecule has 0 bridgehead atoms. The van der Waals surface area contributed by atoms with Crippen LogP contribution in [0, 0.1) is 0 Å². The standard InChI is InChI=1S/C16H14ClN3O2/c1-21-14-7-3-6-13(9-14)18-10-15-19-16(20-22-15)11-4-2-5-12(17)8-11/h2-9,18H,10H2,1H3. The molecule has 0 fully saturated rings. The van der Waals surface area contributed by atoms with E-state index in [-0.39, 0.29) is 0 Å². The largest absolute Gasteiger partial charge is 0.497 e. The first-order chi connectivity index (χ1) is 10.7. The zero-order valence-electron chi connectivity index (χ0n) is 11.9. The van der Waals surface area contributed by atoms with Crippen molar-refractivity contribution < 1.29 is 9.26 Å². The average Bonchev–Trinajstić information content (AvgIpc) is 3.02. The number of benzene rings is 2. The monoisotopic (exact) mass is 315 g/mol. The van der Waals surface area contributed by atoms with Gasteiger partial charge in [-0.05, 0) is 24.3 Å². The number of halogens is 1. The Hall–Kier alpha value is -2.53. The van der Waals surface area contributed by atoms with Crippen LogP contribution in [-0.2, 0) is 6.54 Å². The van der Waals surface area contributed by atoms with E-state index in [1.54, 1.807) is 19.2 Å². The van der Waals surface area contributed by atoms with E-state index in [9.17, 15) is 0 Å². The van der Waals surface area contributed by atoms with Crippen LogP contribution in [0.1, 0.15) is 5.89 Å². The SMILES string of the molecule is COc1cccc(NCc2nc(-c3cccc(Cl)c3)no2)c1. The minimum absolute atomic E-state index is 0.431. The molecule has 1 heterocycles. The van der Waals surface area contributed by atoms with E-state index in [0.29, 0.717) is 23.3 Å². The Labute approximate surface area is 132 Å². The van der Waals surface area contributed by atoms with E-state index < -0.39 is 0 Å². The minimum Gasteiger partial charge on any atom is -0.497 e. The first kappa shape index (κ1) is 14.4. The van der Waals surface area contributed by atoms with Crippen molar-refractivity contribution in [1.82, 2.24) is 10.1 Å². The zero-order valence-corrected chi connectivity index (χ0v) is 12.7. The van der Waals surface area contributed by atoms with Crippen molar-refractivity contribution in [2.24, 2.45) is 0 Å². The van der Waals surface area contributed by atoms with Crippen molar-refractivity contribution in [2.45, 2.75) is 6.54 Å². The van der Waals surface area contributed by atoms with E-state index in [2.05, 4.69) is 15.5 Å². The van der Waals surface area contributed by atoms with Gasteiger partial charge in [-0.2, -0.15) is 4.98 Å². The van der Waals surface area contributed by atoms with E-state index in [1.165, 1.54) is 0 Å². The maximum absolute atomic E-state index is 5.96. The van der Waals surface area contributed by atoms with Crippen molar-refractivity contribution >= 4 is 17.3 Å². The molecule has 0 amide bonds. The highest BCUT2D eigenvalue weighted by Crippen LogP contribution is 2.21. The Balaban J connectivity index is 1.69. The molecule has 1 aromatic heterocycles. The van der Waals surface area contributed by atoms with Gasteiger partial charge in [0, 0.05) is 22.3 Å². The van der Waals surface area contributed by atoms with Gasteiger partial charge in [-0.15, -0.1) is 0 Å². The number of nitrogens with one attached hydrogen (secondary N) is 1. The number of rotatable bonds is 5. The Bertz CT molecular complexity index is 773. The maximum Gasteiger partial charge on any atom is 0.246 e. The Kier molecular flexibility index (Phi) is 4.25. The molecule has 0 saturated carbocycles. The molecule has 0 spiro atoms. The van der Waals surface area contributed by atoms with Gasteiger partial charge >= 0.3 is 0 Å². The van der Waals surface area contributed by atoms with Crippen molar-refractivity contribution in [1.29, 1.82) is 0 Å². The summed E-state index contributed by atoms with van der Waals surface area (Å²) in [4.78, 5) is 4.35. The molecule has 6 heteroatoms. The molecule has 0 unspecified atom stereocenters. The van der Waals surface area contributed by atoms with Crippen LogP contribution in [0.5, 0.6) is 5.75 Å². The normalized spacial score (nSPS) is 10.5. The highest BCUT2D eigenvalue weighted by atomic mass is 35.5. The van der Waals surface area contributed by atoms with Gasteiger partial charge in [0.15, 0.2) is 0 Å².